The topological polar surface area (TPSA) is 26.7 Å². The highest BCUT2D eigenvalue weighted by molar-refractivity contribution is 4.79. The zero-order valence-corrected chi connectivity index (χ0v) is 11.3. The Morgan fingerprint density at radius 3 is 2.44 bits per heavy atom. The highest BCUT2D eigenvalue weighted by Crippen LogP contribution is 2.16. The van der Waals surface area contributed by atoms with E-state index in [-0.39, 0.29) is 6.10 Å². The first-order valence-corrected chi connectivity index (χ1v) is 6.61. The lowest BCUT2D eigenvalue weighted by atomic mass is 9.99. The van der Waals surface area contributed by atoms with E-state index in [1.165, 1.54) is 25.9 Å². The smallest absolute Gasteiger partial charge is 0.0692 e. The maximum atomic E-state index is 10.0. The molecule has 0 radical (unpaired) electrons. The summed E-state index contributed by atoms with van der Waals surface area (Å²) in [4.78, 5) is 4.74. The largest absolute Gasteiger partial charge is 0.392 e. The molecule has 1 saturated heterocycles. The highest BCUT2D eigenvalue weighted by atomic mass is 16.3. The molecular weight excluding hydrogens is 200 g/mol. The molecule has 1 fully saturated rings. The van der Waals surface area contributed by atoms with Gasteiger partial charge in [0.15, 0.2) is 0 Å². The SMILES string of the molecule is CCC(C)C(O)CN(C)C1CCN(C)CC1. The molecule has 3 heteroatoms. The minimum absolute atomic E-state index is 0.172. The standard InChI is InChI=1S/C13H28N2O/c1-5-11(2)13(16)10-15(4)12-6-8-14(3)9-7-12/h11-13,16H,5-10H2,1-4H3. The Labute approximate surface area is 100 Å². The Bertz CT molecular complexity index is 190. The van der Waals surface area contributed by atoms with Crippen LogP contribution in [0.4, 0.5) is 0 Å². The third-order valence-corrected chi connectivity index (χ3v) is 4.09. The number of nitrogens with zero attached hydrogens (tertiary/aromatic N) is 2. The van der Waals surface area contributed by atoms with E-state index in [1.54, 1.807) is 0 Å². The predicted molar refractivity (Wildman–Crippen MR) is 68.6 cm³/mol. The summed E-state index contributed by atoms with van der Waals surface area (Å²) in [6, 6.07) is 0.662. The van der Waals surface area contributed by atoms with Crippen molar-refractivity contribution >= 4 is 0 Å². The molecule has 2 unspecified atom stereocenters. The summed E-state index contributed by atoms with van der Waals surface area (Å²) in [7, 11) is 4.34. The van der Waals surface area contributed by atoms with Crippen molar-refractivity contribution in [2.45, 2.75) is 45.3 Å². The molecule has 0 spiro atoms. The molecule has 0 aromatic heterocycles. The summed E-state index contributed by atoms with van der Waals surface area (Å²) in [5.41, 5.74) is 0. The van der Waals surface area contributed by atoms with Gasteiger partial charge in [0.1, 0.15) is 0 Å². The molecule has 0 aliphatic carbocycles. The first-order chi connectivity index (χ1) is 7.54. The fourth-order valence-corrected chi connectivity index (χ4v) is 2.33. The summed E-state index contributed by atoms with van der Waals surface area (Å²) >= 11 is 0. The summed E-state index contributed by atoms with van der Waals surface area (Å²) < 4.78 is 0. The van der Waals surface area contributed by atoms with Gasteiger partial charge in [-0.15, -0.1) is 0 Å². The summed E-state index contributed by atoms with van der Waals surface area (Å²) in [6.07, 6.45) is 3.36. The molecular formula is C13H28N2O. The first kappa shape index (κ1) is 13.9. The Hall–Kier alpha value is -0.120. The molecule has 0 amide bonds. The fourth-order valence-electron chi connectivity index (χ4n) is 2.33. The Balaban J connectivity index is 2.31. The van der Waals surface area contributed by atoms with Gasteiger partial charge in [-0.25, -0.2) is 0 Å². The van der Waals surface area contributed by atoms with Gasteiger partial charge in [0.2, 0.25) is 0 Å². The zero-order chi connectivity index (χ0) is 12.1. The van der Waals surface area contributed by atoms with Crippen molar-refractivity contribution in [3.8, 4) is 0 Å². The van der Waals surface area contributed by atoms with Gasteiger partial charge >= 0.3 is 0 Å². The van der Waals surface area contributed by atoms with E-state index < -0.39 is 0 Å². The van der Waals surface area contributed by atoms with E-state index in [9.17, 15) is 5.11 Å². The van der Waals surface area contributed by atoms with E-state index in [2.05, 4.69) is 37.7 Å². The lowest BCUT2D eigenvalue weighted by molar-refractivity contribution is 0.0484. The molecule has 96 valence electrons. The average Bonchev–Trinajstić information content (AvgIpc) is 2.28. The van der Waals surface area contributed by atoms with Crippen LogP contribution in [-0.2, 0) is 0 Å². The van der Waals surface area contributed by atoms with E-state index in [4.69, 9.17) is 0 Å². The number of aliphatic hydroxyl groups is 1. The van der Waals surface area contributed by atoms with Crippen LogP contribution in [0.5, 0.6) is 0 Å². The number of rotatable bonds is 5. The quantitative estimate of drug-likeness (QED) is 0.771. The van der Waals surface area contributed by atoms with E-state index in [0.29, 0.717) is 12.0 Å². The van der Waals surface area contributed by atoms with Crippen LogP contribution < -0.4 is 0 Å². The molecule has 1 rings (SSSR count). The lowest BCUT2D eigenvalue weighted by Crippen LogP contribution is -2.45. The summed E-state index contributed by atoms with van der Waals surface area (Å²) in [6.45, 7) is 7.48. The van der Waals surface area contributed by atoms with Crippen LogP contribution in [0.25, 0.3) is 0 Å². The Kier molecular flexibility index (Phi) is 5.73. The van der Waals surface area contributed by atoms with Crippen LogP contribution in [0.3, 0.4) is 0 Å². The van der Waals surface area contributed by atoms with Crippen LogP contribution in [0, 0.1) is 5.92 Å². The van der Waals surface area contributed by atoms with Crippen LogP contribution in [0.2, 0.25) is 0 Å². The van der Waals surface area contributed by atoms with Gasteiger partial charge in [0, 0.05) is 12.6 Å². The van der Waals surface area contributed by atoms with Gasteiger partial charge in [0.05, 0.1) is 6.10 Å². The monoisotopic (exact) mass is 228 g/mol. The number of hydrogen-bond acceptors (Lipinski definition) is 3. The maximum absolute atomic E-state index is 10.0. The normalized spacial score (nSPS) is 23.6. The molecule has 16 heavy (non-hydrogen) atoms. The first-order valence-electron chi connectivity index (χ1n) is 6.61. The molecule has 0 bridgehead atoms. The maximum Gasteiger partial charge on any atom is 0.0692 e. The van der Waals surface area contributed by atoms with Gasteiger partial charge in [-0.05, 0) is 45.9 Å². The number of piperidine rings is 1. The van der Waals surface area contributed by atoms with Crippen LogP contribution in [0.15, 0.2) is 0 Å². The second kappa shape index (κ2) is 6.58. The molecule has 1 aliphatic rings. The Morgan fingerprint density at radius 2 is 1.94 bits per heavy atom. The van der Waals surface area contributed by atoms with E-state index in [1.807, 2.05) is 0 Å². The average molecular weight is 228 g/mol. The van der Waals surface area contributed by atoms with Crippen molar-refractivity contribution in [1.82, 2.24) is 9.80 Å². The summed E-state index contributed by atoms with van der Waals surface area (Å²) in [5.74, 6) is 0.411. The molecule has 0 aromatic carbocycles. The molecule has 0 saturated carbocycles. The van der Waals surface area contributed by atoms with Crippen molar-refractivity contribution in [2.24, 2.45) is 5.92 Å². The number of aliphatic hydroxyl groups excluding tert-OH is 1. The van der Waals surface area contributed by atoms with Crippen LogP contribution in [0.1, 0.15) is 33.1 Å². The second-order valence-electron chi connectivity index (χ2n) is 5.43. The molecule has 3 nitrogen and oxygen atoms in total. The van der Waals surface area contributed by atoms with Crippen molar-refractivity contribution in [2.75, 3.05) is 33.7 Å². The van der Waals surface area contributed by atoms with Crippen molar-refractivity contribution in [1.29, 1.82) is 0 Å². The molecule has 1 N–H and O–H groups in total. The van der Waals surface area contributed by atoms with Crippen LogP contribution in [-0.4, -0.2) is 60.8 Å². The van der Waals surface area contributed by atoms with Crippen molar-refractivity contribution in [3.63, 3.8) is 0 Å². The highest BCUT2D eigenvalue weighted by Gasteiger charge is 2.23. The van der Waals surface area contributed by atoms with E-state index >= 15 is 0 Å². The van der Waals surface area contributed by atoms with Crippen molar-refractivity contribution < 1.29 is 5.11 Å². The van der Waals surface area contributed by atoms with E-state index in [0.717, 1.165) is 13.0 Å². The van der Waals surface area contributed by atoms with Crippen molar-refractivity contribution in [3.05, 3.63) is 0 Å². The Morgan fingerprint density at radius 1 is 1.38 bits per heavy atom. The minimum atomic E-state index is -0.172. The van der Waals surface area contributed by atoms with Gasteiger partial charge in [-0.3, -0.25) is 0 Å². The predicted octanol–water partition coefficient (Wildman–Crippen LogP) is 1.42. The molecule has 2 atom stereocenters. The van der Waals surface area contributed by atoms with Gasteiger partial charge in [-0.2, -0.15) is 0 Å². The minimum Gasteiger partial charge on any atom is -0.392 e. The van der Waals surface area contributed by atoms with Crippen LogP contribution >= 0.6 is 0 Å². The fraction of sp³-hybridized carbons (Fsp3) is 1.00. The second-order valence-corrected chi connectivity index (χ2v) is 5.43. The third kappa shape index (κ3) is 4.04. The zero-order valence-electron chi connectivity index (χ0n) is 11.3. The lowest BCUT2D eigenvalue weighted by Gasteiger charge is -2.36. The number of hydrogen-bond donors (Lipinski definition) is 1. The van der Waals surface area contributed by atoms with Gasteiger partial charge in [-0.1, -0.05) is 20.3 Å². The number of likely N-dealkylation sites (tertiary alicyclic amines) is 1. The molecule has 1 aliphatic heterocycles. The van der Waals surface area contributed by atoms with Gasteiger partial charge in [0.25, 0.3) is 0 Å². The third-order valence-electron chi connectivity index (χ3n) is 4.09. The number of likely N-dealkylation sites (N-methyl/N-ethyl adjacent to an activating group) is 1. The van der Waals surface area contributed by atoms with Gasteiger partial charge < -0.3 is 14.9 Å². The molecule has 1 heterocycles. The summed E-state index contributed by atoms with van der Waals surface area (Å²) in [5, 5.41) is 10.0. The molecule has 0 aromatic rings.